The highest BCUT2D eigenvalue weighted by atomic mass is 32.2. The second kappa shape index (κ2) is 10.5. The maximum Gasteiger partial charge on any atom is 0.191 e. The third-order valence-electron chi connectivity index (χ3n) is 5.43. The molecule has 7 heteroatoms. The predicted molar refractivity (Wildman–Crippen MR) is 103 cm³/mol. The lowest BCUT2D eigenvalue weighted by Gasteiger charge is -2.34. The first kappa shape index (κ1) is 20.6. The fourth-order valence-corrected chi connectivity index (χ4v) is 5.03. The van der Waals surface area contributed by atoms with Crippen LogP contribution in [0.15, 0.2) is 4.99 Å². The van der Waals surface area contributed by atoms with Gasteiger partial charge in [-0.05, 0) is 39.0 Å². The molecule has 2 rings (SSSR count). The Morgan fingerprint density at radius 2 is 2.08 bits per heavy atom. The number of hydrogen-bond acceptors (Lipinski definition) is 4. The molecule has 0 aromatic rings. The summed E-state index contributed by atoms with van der Waals surface area (Å²) in [5.74, 6) is 1.56. The van der Waals surface area contributed by atoms with Gasteiger partial charge in [-0.25, -0.2) is 0 Å². The van der Waals surface area contributed by atoms with Crippen molar-refractivity contribution in [3.63, 3.8) is 0 Å². The number of aliphatic hydroxyl groups excluding tert-OH is 1. The van der Waals surface area contributed by atoms with E-state index < -0.39 is 10.8 Å². The third kappa shape index (κ3) is 6.22. The molecule has 1 aliphatic heterocycles. The summed E-state index contributed by atoms with van der Waals surface area (Å²) in [6, 6.07) is 0.326. The zero-order valence-corrected chi connectivity index (χ0v) is 16.6. The average molecular weight is 374 g/mol. The minimum Gasteiger partial charge on any atom is -0.396 e. The zero-order valence-electron chi connectivity index (χ0n) is 15.8. The number of hydrogen-bond donors (Lipinski definition) is 3. The van der Waals surface area contributed by atoms with Crippen LogP contribution in [0.25, 0.3) is 0 Å². The van der Waals surface area contributed by atoms with Gasteiger partial charge in [-0.3, -0.25) is 9.20 Å². The van der Waals surface area contributed by atoms with Gasteiger partial charge in [0.05, 0.1) is 13.2 Å². The van der Waals surface area contributed by atoms with Crippen molar-refractivity contribution in [1.29, 1.82) is 0 Å². The number of aliphatic hydroxyl groups is 1. The van der Waals surface area contributed by atoms with Gasteiger partial charge < -0.3 is 20.5 Å². The maximum absolute atomic E-state index is 12.1. The summed E-state index contributed by atoms with van der Waals surface area (Å²) in [5.41, 5.74) is -0.153. The molecule has 2 aliphatic rings. The van der Waals surface area contributed by atoms with E-state index in [0.29, 0.717) is 31.1 Å². The van der Waals surface area contributed by atoms with E-state index in [1.807, 2.05) is 6.92 Å². The highest BCUT2D eigenvalue weighted by Gasteiger charge is 2.32. The normalized spacial score (nSPS) is 28.4. The molecule has 2 fully saturated rings. The number of ether oxygens (including phenoxy) is 1. The summed E-state index contributed by atoms with van der Waals surface area (Å²) in [6.07, 6.45) is 5.94. The van der Waals surface area contributed by atoms with Crippen molar-refractivity contribution in [2.24, 2.45) is 10.4 Å². The van der Waals surface area contributed by atoms with Crippen LogP contribution in [0.1, 0.15) is 52.4 Å². The van der Waals surface area contributed by atoms with E-state index in [1.54, 1.807) is 0 Å². The van der Waals surface area contributed by atoms with Gasteiger partial charge in [0.25, 0.3) is 0 Å². The molecule has 1 heterocycles. The lowest BCUT2D eigenvalue weighted by atomic mass is 9.81. The number of nitrogens with one attached hydrogen (secondary N) is 2. The predicted octanol–water partition coefficient (Wildman–Crippen LogP) is 1.41. The van der Waals surface area contributed by atoms with E-state index in [2.05, 4.69) is 17.6 Å². The molecule has 0 bridgehead atoms. The van der Waals surface area contributed by atoms with E-state index in [0.717, 1.165) is 56.8 Å². The zero-order chi connectivity index (χ0) is 18.1. The van der Waals surface area contributed by atoms with Crippen molar-refractivity contribution in [2.75, 3.05) is 38.7 Å². The Balaban J connectivity index is 1.95. The first-order chi connectivity index (χ1) is 12.1. The molecule has 0 amide bonds. The van der Waals surface area contributed by atoms with Crippen molar-refractivity contribution in [3.05, 3.63) is 0 Å². The van der Waals surface area contributed by atoms with E-state index in [-0.39, 0.29) is 12.0 Å². The minimum absolute atomic E-state index is 0.153. The molecule has 3 unspecified atom stereocenters. The van der Waals surface area contributed by atoms with Crippen LogP contribution in [-0.2, 0) is 15.5 Å². The molecule has 25 heavy (non-hydrogen) atoms. The Bertz CT molecular complexity index is 453. The highest BCUT2D eigenvalue weighted by Crippen LogP contribution is 2.30. The molecular weight excluding hydrogens is 338 g/mol. The molecule has 146 valence electrons. The maximum atomic E-state index is 12.1. The second-order valence-electron chi connectivity index (χ2n) is 7.26. The molecular formula is C18H35N3O3S. The van der Waals surface area contributed by atoms with Gasteiger partial charge in [-0.1, -0.05) is 13.3 Å². The van der Waals surface area contributed by atoms with Gasteiger partial charge in [-0.2, -0.15) is 0 Å². The smallest absolute Gasteiger partial charge is 0.191 e. The van der Waals surface area contributed by atoms with Crippen LogP contribution in [0, 0.1) is 5.41 Å². The highest BCUT2D eigenvalue weighted by molar-refractivity contribution is 7.85. The largest absolute Gasteiger partial charge is 0.396 e. The van der Waals surface area contributed by atoms with Crippen molar-refractivity contribution in [1.82, 2.24) is 10.6 Å². The SMILES string of the molecule is CCNC(=NCC1(CO)CCOCC1)NC1CCCC(S(=O)CC)C1. The fraction of sp³-hybridized carbons (Fsp3) is 0.944. The molecule has 0 spiro atoms. The van der Waals surface area contributed by atoms with Crippen molar-refractivity contribution < 1.29 is 14.1 Å². The van der Waals surface area contributed by atoms with Crippen LogP contribution in [0.3, 0.4) is 0 Å². The standard InChI is InChI=1S/C18H35N3O3S/c1-3-19-17(20-13-18(14-22)8-10-24-11-9-18)21-15-6-5-7-16(12-15)25(23)4-2/h15-16,22H,3-14H2,1-2H3,(H2,19,20,21). The number of guanidine groups is 1. The number of rotatable bonds is 7. The summed E-state index contributed by atoms with van der Waals surface area (Å²) in [7, 11) is -0.716. The van der Waals surface area contributed by atoms with E-state index in [1.165, 1.54) is 0 Å². The fourth-order valence-electron chi connectivity index (χ4n) is 3.68. The Morgan fingerprint density at radius 3 is 2.72 bits per heavy atom. The van der Waals surface area contributed by atoms with Crippen molar-refractivity contribution >= 4 is 16.8 Å². The van der Waals surface area contributed by atoms with Gasteiger partial charge >= 0.3 is 0 Å². The average Bonchev–Trinajstić information content (AvgIpc) is 2.66. The Kier molecular flexibility index (Phi) is 8.66. The number of nitrogens with zero attached hydrogens (tertiary/aromatic N) is 1. The van der Waals surface area contributed by atoms with Gasteiger partial charge in [0.2, 0.25) is 0 Å². The topological polar surface area (TPSA) is 83.0 Å². The summed E-state index contributed by atoms with van der Waals surface area (Å²) in [4.78, 5) is 4.77. The summed E-state index contributed by atoms with van der Waals surface area (Å²) in [6.45, 7) is 7.03. The molecule has 0 aromatic heterocycles. The number of aliphatic imine (C=N–C) groups is 1. The van der Waals surface area contributed by atoms with E-state index in [4.69, 9.17) is 9.73 Å². The van der Waals surface area contributed by atoms with E-state index in [9.17, 15) is 9.32 Å². The third-order valence-corrected chi connectivity index (χ3v) is 7.17. The molecule has 0 radical (unpaired) electrons. The molecule has 6 nitrogen and oxygen atoms in total. The lowest BCUT2D eigenvalue weighted by molar-refractivity contribution is -0.0106. The molecule has 3 atom stereocenters. The molecule has 0 aromatic carbocycles. The quantitative estimate of drug-likeness (QED) is 0.464. The summed E-state index contributed by atoms with van der Waals surface area (Å²) in [5, 5.41) is 17.0. The van der Waals surface area contributed by atoms with E-state index >= 15 is 0 Å². The minimum atomic E-state index is -0.716. The van der Waals surface area contributed by atoms with Crippen LogP contribution < -0.4 is 10.6 Å². The van der Waals surface area contributed by atoms with Crippen LogP contribution >= 0.6 is 0 Å². The molecule has 1 saturated carbocycles. The van der Waals surface area contributed by atoms with Crippen LogP contribution in [-0.4, -0.2) is 65.2 Å². The Morgan fingerprint density at radius 1 is 1.32 bits per heavy atom. The van der Waals surface area contributed by atoms with Crippen LogP contribution in [0.5, 0.6) is 0 Å². The van der Waals surface area contributed by atoms with Crippen molar-refractivity contribution in [3.8, 4) is 0 Å². The Hall–Kier alpha value is -0.660. The second-order valence-corrected chi connectivity index (χ2v) is 9.27. The molecule has 1 saturated heterocycles. The monoisotopic (exact) mass is 373 g/mol. The molecule has 3 N–H and O–H groups in total. The summed E-state index contributed by atoms with van der Waals surface area (Å²) >= 11 is 0. The van der Waals surface area contributed by atoms with Crippen LogP contribution in [0.2, 0.25) is 0 Å². The summed E-state index contributed by atoms with van der Waals surface area (Å²) < 4.78 is 17.6. The van der Waals surface area contributed by atoms with Crippen molar-refractivity contribution in [2.45, 2.75) is 63.7 Å². The lowest BCUT2D eigenvalue weighted by Crippen LogP contribution is -2.47. The first-order valence-electron chi connectivity index (χ1n) is 9.73. The van der Waals surface area contributed by atoms with Gasteiger partial charge in [0, 0.05) is 53.0 Å². The first-order valence-corrected chi connectivity index (χ1v) is 11.1. The van der Waals surface area contributed by atoms with Crippen LogP contribution in [0.4, 0.5) is 0 Å². The molecule has 1 aliphatic carbocycles. The van der Waals surface area contributed by atoms with Gasteiger partial charge in [0.15, 0.2) is 5.96 Å². The Labute approximate surface area is 154 Å². The van der Waals surface area contributed by atoms with Gasteiger partial charge in [0.1, 0.15) is 0 Å². The van der Waals surface area contributed by atoms with Gasteiger partial charge in [-0.15, -0.1) is 0 Å².